The minimum Gasteiger partial charge on any atom is -0.378 e. The van der Waals surface area contributed by atoms with Gasteiger partial charge in [0.1, 0.15) is 5.69 Å². The Morgan fingerprint density at radius 1 is 1.15 bits per heavy atom. The van der Waals surface area contributed by atoms with Crippen molar-refractivity contribution in [3.05, 3.63) is 76.0 Å². The normalized spacial score (nSPS) is 15.3. The Morgan fingerprint density at radius 2 is 1.88 bits per heavy atom. The number of benzene rings is 1. The monoisotopic (exact) mass is 474 g/mol. The van der Waals surface area contributed by atoms with Crippen LogP contribution in [0, 0.1) is 6.92 Å². The fraction of sp³-hybridized carbons (Fsp3) is 0.333. The highest BCUT2D eigenvalue weighted by Crippen LogP contribution is 2.32. The number of hydrogen-bond acceptors (Lipinski definition) is 6. The summed E-state index contributed by atoms with van der Waals surface area (Å²) in [6, 6.07) is 8.85. The number of aliphatic hydroxyl groups is 1. The molecule has 3 aromatic rings. The molecule has 3 heterocycles. The molecule has 34 heavy (non-hydrogen) atoms. The van der Waals surface area contributed by atoms with Crippen LogP contribution in [0.15, 0.2) is 53.6 Å². The minimum absolute atomic E-state index is 0.108. The number of nitrogens with one attached hydrogen (secondary N) is 1. The van der Waals surface area contributed by atoms with Crippen molar-refractivity contribution in [3.8, 4) is 11.1 Å². The fourth-order valence-electron chi connectivity index (χ4n) is 3.90. The third kappa shape index (κ3) is 5.07. The van der Waals surface area contributed by atoms with Gasteiger partial charge in [0.15, 0.2) is 6.23 Å². The molecule has 0 spiro atoms. The summed E-state index contributed by atoms with van der Waals surface area (Å²) in [4.78, 5) is 18.6. The molecule has 0 aliphatic carbocycles. The second-order valence-electron chi connectivity index (χ2n) is 8.17. The zero-order valence-electron chi connectivity index (χ0n) is 18.8. The van der Waals surface area contributed by atoms with Crippen molar-refractivity contribution in [2.75, 3.05) is 36.5 Å². The second kappa shape index (κ2) is 9.47. The van der Waals surface area contributed by atoms with Gasteiger partial charge in [-0.15, -0.1) is 0 Å². The van der Waals surface area contributed by atoms with Crippen LogP contribution in [0.1, 0.15) is 23.0 Å². The van der Waals surface area contributed by atoms with Crippen LogP contribution in [0.2, 0.25) is 0 Å². The predicted molar refractivity (Wildman–Crippen MR) is 123 cm³/mol. The van der Waals surface area contributed by atoms with Gasteiger partial charge in [0.25, 0.3) is 5.56 Å². The van der Waals surface area contributed by atoms with Gasteiger partial charge in [-0.25, -0.2) is 0 Å². The van der Waals surface area contributed by atoms with E-state index in [-0.39, 0.29) is 11.3 Å². The summed E-state index contributed by atoms with van der Waals surface area (Å²) in [5, 5.41) is 13.3. The molecule has 7 nitrogen and oxygen atoms in total. The van der Waals surface area contributed by atoms with E-state index in [1.165, 1.54) is 4.57 Å². The largest absolute Gasteiger partial charge is 0.416 e. The summed E-state index contributed by atoms with van der Waals surface area (Å²) in [6.45, 7) is 4.26. The lowest BCUT2D eigenvalue weighted by Gasteiger charge is -2.29. The predicted octanol–water partition coefficient (Wildman–Crippen LogP) is 3.71. The molecule has 1 aliphatic rings. The van der Waals surface area contributed by atoms with Crippen molar-refractivity contribution in [2.45, 2.75) is 19.3 Å². The van der Waals surface area contributed by atoms with Gasteiger partial charge in [-0.1, -0.05) is 6.07 Å². The van der Waals surface area contributed by atoms with Crippen molar-refractivity contribution < 1.29 is 23.0 Å². The molecule has 1 unspecified atom stereocenters. The zero-order chi connectivity index (χ0) is 24.5. The first-order valence-electron chi connectivity index (χ1n) is 10.8. The molecule has 180 valence electrons. The van der Waals surface area contributed by atoms with Gasteiger partial charge >= 0.3 is 6.18 Å². The van der Waals surface area contributed by atoms with Crippen LogP contribution < -0.4 is 15.8 Å². The Bertz CT molecular complexity index is 1240. The molecule has 10 heteroatoms. The number of pyridine rings is 2. The molecular weight excluding hydrogens is 449 g/mol. The average molecular weight is 474 g/mol. The Morgan fingerprint density at radius 3 is 2.59 bits per heavy atom. The van der Waals surface area contributed by atoms with E-state index in [0.717, 1.165) is 35.0 Å². The number of ether oxygens (including phenoxy) is 1. The molecular formula is C24H25F3N4O3. The van der Waals surface area contributed by atoms with Gasteiger partial charge < -0.3 is 24.6 Å². The maximum atomic E-state index is 13.0. The molecule has 1 aromatic carbocycles. The van der Waals surface area contributed by atoms with Gasteiger partial charge in [0.2, 0.25) is 0 Å². The van der Waals surface area contributed by atoms with Crippen molar-refractivity contribution in [2.24, 2.45) is 7.05 Å². The third-order valence-electron chi connectivity index (χ3n) is 5.76. The molecule has 0 saturated carbocycles. The standard InChI is InChI=1S/C24H25F3N4O3/c1-15-3-4-18(29-22(32)20-12-17(5-6-28-20)24(25,26)27)13-19(15)16-11-21(23(33)30(2)14-16)31-7-9-34-10-8-31/h3-6,11-14,22,29,32H,7-10H2,1-2H3. The lowest BCUT2D eigenvalue weighted by Crippen LogP contribution is -2.40. The van der Waals surface area contributed by atoms with Crippen LogP contribution in [-0.4, -0.2) is 41.0 Å². The van der Waals surface area contributed by atoms with Gasteiger partial charge in [0.05, 0.1) is 24.5 Å². The number of morpholine rings is 1. The Hall–Kier alpha value is -3.37. The van der Waals surface area contributed by atoms with E-state index in [2.05, 4.69) is 10.3 Å². The number of hydrogen-bond donors (Lipinski definition) is 2. The quantitative estimate of drug-likeness (QED) is 0.549. The highest BCUT2D eigenvalue weighted by atomic mass is 19.4. The summed E-state index contributed by atoms with van der Waals surface area (Å²) in [6.07, 6.45) is -3.22. The molecule has 2 N–H and O–H groups in total. The minimum atomic E-state index is -4.53. The maximum absolute atomic E-state index is 13.0. The lowest BCUT2D eigenvalue weighted by atomic mass is 10.0. The van der Waals surface area contributed by atoms with Crippen LogP contribution >= 0.6 is 0 Å². The Balaban J connectivity index is 1.64. The van der Waals surface area contributed by atoms with Crippen LogP contribution in [0.3, 0.4) is 0 Å². The number of aliphatic hydroxyl groups excluding tert-OH is 1. The molecule has 1 atom stereocenters. The smallest absolute Gasteiger partial charge is 0.378 e. The first-order chi connectivity index (χ1) is 16.1. The molecule has 0 amide bonds. The van der Waals surface area contributed by atoms with Crippen molar-refractivity contribution in [3.63, 3.8) is 0 Å². The molecule has 0 bridgehead atoms. The van der Waals surface area contributed by atoms with E-state index in [4.69, 9.17) is 4.74 Å². The van der Waals surface area contributed by atoms with Crippen molar-refractivity contribution in [1.29, 1.82) is 0 Å². The summed E-state index contributed by atoms with van der Waals surface area (Å²) >= 11 is 0. The number of aryl methyl sites for hydroxylation is 2. The van der Waals surface area contributed by atoms with Crippen LogP contribution in [0.25, 0.3) is 11.1 Å². The summed E-state index contributed by atoms with van der Waals surface area (Å²) in [5.74, 6) is 0. The van der Waals surface area contributed by atoms with E-state index in [1.54, 1.807) is 25.4 Å². The Kier molecular flexibility index (Phi) is 6.63. The maximum Gasteiger partial charge on any atom is 0.416 e. The first-order valence-corrected chi connectivity index (χ1v) is 10.8. The number of aromatic nitrogens is 2. The summed E-state index contributed by atoms with van der Waals surface area (Å²) in [5.41, 5.74) is 2.49. The van der Waals surface area contributed by atoms with E-state index in [0.29, 0.717) is 37.7 Å². The van der Waals surface area contributed by atoms with E-state index in [1.807, 2.05) is 24.0 Å². The lowest BCUT2D eigenvalue weighted by molar-refractivity contribution is -0.137. The highest BCUT2D eigenvalue weighted by molar-refractivity contribution is 5.73. The van der Waals surface area contributed by atoms with Crippen molar-refractivity contribution in [1.82, 2.24) is 9.55 Å². The number of nitrogens with zero attached hydrogens (tertiary/aromatic N) is 3. The SMILES string of the molecule is Cc1ccc(NC(O)c2cc(C(F)(F)F)ccn2)cc1-c1cc(N2CCOCC2)c(=O)n(C)c1. The van der Waals surface area contributed by atoms with Gasteiger partial charge in [-0.05, 0) is 48.4 Å². The average Bonchev–Trinajstić information content (AvgIpc) is 2.82. The highest BCUT2D eigenvalue weighted by Gasteiger charge is 2.31. The molecule has 4 rings (SSSR count). The van der Waals surface area contributed by atoms with Crippen molar-refractivity contribution >= 4 is 11.4 Å². The molecule has 0 radical (unpaired) electrons. The zero-order valence-corrected chi connectivity index (χ0v) is 18.8. The Labute approximate surface area is 194 Å². The molecule has 1 fully saturated rings. The van der Waals surface area contributed by atoms with Crippen LogP contribution in [0.5, 0.6) is 0 Å². The fourth-order valence-corrected chi connectivity index (χ4v) is 3.90. The van der Waals surface area contributed by atoms with Gasteiger partial charge in [-0.3, -0.25) is 9.78 Å². The van der Waals surface area contributed by atoms with Crippen LogP contribution in [-0.2, 0) is 18.0 Å². The number of rotatable bonds is 5. The van der Waals surface area contributed by atoms with E-state index in [9.17, 15) is 23.1 Å². The van der Waals surface area contributed by atoms with Crippen LogP contribution in [0.4, 0.5) is 24.5 Å². The number of anilines is 2. The topological polar surface area (TPSA) is 79.6 Å². The molecule has 2 aromatic heterocycles. The molecule has 1 saturated heterocycles. The first kappa shape index (κ1) is 23.8. The number of alkyl halides is 3. The van der Waals surface area contributed by atoms with E-state index >= 15 is 0 Å². The van der Waals surface area contributed by atoms with E-state index < -0.39 is 18.0 Å². The summed E-state index contributed by atoms with van der Waals surface area (Å²) in [7, 11) is 1.69. The summed E-state index contributed by atoms with van der Waals surface area (Å²) < 4.78 is 45.9. The number of halogens is 3. The van der Waals surface area contributed by atoms with Gasteiger partial charge in [0, 0.05) is 43.8 Å². The molecule has 1 aliphatic heterocycles. The third-order valence-corrected chi connectivity index (χ3v) is 5.76. The van der Waals surface area contributed by atoms with Gasteiger partial charge in [-0.2, -0.15) is 13.2 Å². The second-order valence-corrected chi connectivity index (χ2v) is 8.17.